The van der Waals surface area contributed by atoms with Crippen molar-refractivity contribution in [3.8, 4) is 5.69 Å². The second kappa shape index (κ2) is 10.7. The standard InChI is InChI=1S/C30H38N6O2/c1-21(2)18-27-28(37)35(19-24-10-8-9-15-31-24)30(29(38)32-27)13-16-34(17-14-30)20-26-22(3)33-36(23(26)4)25-11-6-5-7-12-25/h5-12,15,21,27H,13-14,16-20H2,1-4H3,(H,32,38). The van der Waals surface area contributed by atoms with Gasteiger partial charge < -0.3 is 10.2 Å². The van der Waals surface area contributed by atoms with Gasteiger partial charge in [0.15, 0.2) is 0 Å². The van der Waals surface area contributed by atoms with Crippen molar-refractivity contribution >= 4 is 11.8 Å². The number of amides is 2. The maximum atomic E-state index is 13.7. The molecule has 1 unspecified atom stereocenters. The monoisotopic (exact) mass is 514 g/mol. The van der Waals surface area contributed by atoms with Crippen LogP contribution >= 0.6 is 0 Å². The Balaban J connectivity index is 1.35. The van der Waals surface area contributed by atoms with Crippen molar-refractivity contribution < 1.29 is 9.59 Å². The van der Waals surface area contributed by atoms with E-state index < -0.39 is 11.6 Å². The molecule has 2 saturated heterocycles. The van der Waals surface area contributed by atoms with Crippen LogP contribution in [-0.2, 0) is 22.7 Å². The molecule has 8 nitrogen and oxygen atoms in total. The molecule has 2 aliphatic rings. The Morgan fingerprint density at radius 3 is 2.37 bits per heavy atom. The number of benzene rings is 1. The average Bonchev–Trinajstić information content (AvgIpc) is 3.20. The Hall–Kier alpha value is -3.52. The van der Waals surface area contributed by atoms with Gasteiger partial charge in [-0.25, -0.2) is 4.68 Å². The number of piperidine rings is 1. The van der Waals surface area contributed by atoms with Gasteiger partial charge in [-0.2, -0.15) is 5.10 Å². The first-order valence-corrected chi connectivity index (χ1v) is 13.6. The predicted molar refractivity (Wildman–Crippen MR) is 146 cm³/mol. The topological polar surface area (TPSA) is 83.4 Å². The van der Waals surface area contributed by atoms with Crippen LogP contribution in [0.2, 0.25) is 0 Å². The van der Waals surface area contributed by atoms with E-state index in [2.05, 4.69) is 55.0 Å². The lowest BCUT2D eigenvalue weighted by Gasteiger charge is -2.51. The highest BCUT2D eigenvalue weighted by molar-refractivity contribution is 6.00. The number of carbonyl (C=O) groups excluding carboxylic acids is 2. The van der Waals surface area contributed by atoms with Crippen LogP contribution in [0.25, 0.3) is 5.69 Å². The summed E-state index contributed by atoms with van der Waals surface area (Å²) in [4.78, 5) is 36.1. The Bertz CT molecular complexity index is 1280. The molecular weight excluding hydrogens is 476 g/mol. The molecule has 0 bridgehead atoms. The summed E-state index contributed by atoms with van der Waals surface area (Å²) in [5.41, 5.74) is 4.38. The number of carbonyl (C=O) groups is 2. The van der Waals surface area contributed by atoms with E-state index in [-0.39, 0.29) is 11.8 Å². The fourth-order valence-electron chi connectivity index (χ4n) is 5.92. The molecule has 2 aliphatic heterocycles. The van der Waals surface area contributed by atoms with Crippen LogP contribution < -0.4 is 5.32 Å². The number of aryl methyl sites for hydroxylation is 1. The first-order valence-electron chi connectivity index (χ1n) is 13.6. The van der Waals surface area contributed by atoms with Crippen LogP contribution in [0, 0.1) is 19.8 Å². The summed E-state index contributed by atoms with van der Waals surface area (Å²) >= 11 is 0. The molecule has 3 aromatic rings. The highest BCUT2D eigenvalue weighted by atomic mass is 16.2. The molecule has 200 valence electrons. The lowest BCUT2D eigenvalue weighted by atomic mass is 9.80. The summed E-state index contributed by atoms with van der Waals surface area (Å²) < 4.78 is 2.01. The van der Waals surface area contributed by atoms with Crippen molar-refractivity contribution in [1.82, 2.24) is 29.9 Å². The molecule has 5 rings (SSSR count). The number of hydrogen-bond acceptors (Lipinski definition) is 5. The van der Waals surface area contributed by atoms with Gasteiger partial charge in [0.1, 0.15) is 11.6 Å². The van der Waals surface area contributed by atoms with Gasteiger partial charge in [-0.15, -0.1) is 0 Å². The van der Waals surface area contributed by atoms with E-state index in [1.54, 1.807) is 6.20 Å². The molecule has 0 aliphatic carbocycles. The van der Waals surface area contributed by atoms with Crippen molar-refractivity contribution in [2.45, 2.75) is 71.6 Å². The van der Waals surface area contributed by atoms with E-state index in [0.717, 1.165) is 42.4 Å². The minimum absolute atomic E-state index is 0.00762. The number of rotatable bonds is 7. The predicted octanol–water partition coefficient (Wildman–Crippen LogP) is 3.79. The summed E-state index contributed by atoms with van der Waals surface area (Å²) in [5, 5.41) is 7.90. The third-order valence-electron chi connectivity index (χ3n) is 8.07. The van der Waals surface area contributed by atoms with Gasteiger partial charge in [0.05, 0.1) is 23.6 Å². The molecule has 1 spiro atoms. The van der Waals surface area contributed by atoms with E-state index >= 15 is 0 Å². The maximum Gasteiger partial charge on any atom is 0.246 e. The lowest BCUT2D eigenvalue weighted by Crippen LogP contribution is -2.72. The number of nitrogens with zero attached hydrogens (tertiary/aromatic N) is 5. The number of likely N-dealkylation sites (tertiary alicyclic amines) is 1. The second-order valence-electron chi connectivity index (χ2n) is 11.1. The smallest absolute Gasteiger partial charge is 0.246 e. The second-order valence-corrected chi connectivity index (χ2v) is 11.1. The first kappa shape index (κ1) is 26.1. The van der Waals surface area contributed by atoms with Crippen LogP contribution in [-0.4, -0.2) is 61.0 Å². The lowest BCUT2D eigenvalue weighted by molar-refractivity contribution is -0.162. The molecule has 2 fully saturated rings. The van der Waals surface area contributed by atoms with Gasteiger partial charge in [-0.05, 0) is 63.3 Å². The van der Waals surface area contributed by atoms with Gasteiger partial charge in [0.2, 0.25) is 11.8 Å². The zero-order chi connectivity index (χ0) is 26.9. The van der Waals surface area contributed by atoms with Gasteiger partial charge in [0.25, 0.3) is 0 Å². The fraction of sp³-hybridized carbons (Fsp3) is 0.467. The van der Waals surface area contributed by atoms with Crippen LogP contribution in [0.15, 0.2) is 54.7 Å². The molecule has 2 amide bonds. The molecule has 0 saturated carbocycles. The largest absolute Gasteiger partial charge is 0.342 e. The zero-order valence-electron chi connectivity index (χ0n) is 22.9. The van der Waals surface area contributed by atoms with Crippen molar-refractivity contribution in [2.75, 3.05) is 13.1 Å². The third kappa shape index (κ3) is 4.97. The summed E-state index contributed by atoms with van der Waals surface area (Å²) in [6.07, 6.45) is 3.56. The Kier molecular flexibility index (Phi) is 7.34. The SMILES string of the molecule is Cc1nn(-c2ccccc2)c(C)c1CN1CCC2(CC1)C(=O)NC(CC(C)C)C(=O)N2Cc1ccccn1. The molecule has 1 aromatic carbocycles. The first-order chi connectivity index (χ1) is 18.3. The third-order valence-corrected chi connectivity index (χ3v) is 8.07. The van der Waals surface area contributed by atoms with Crippen molar-refractivity contribution in [2.24, 2.45) is 5.92 Å². The molecule has 4 heterocycles. The molecule has 38 heavy (non-hydrogen) atoms. The molecule has 0 radical (unpaired) electrons. The van der Waals surface area contributed by atoms with E-state index in [1.807, 2.05) is 46.0 Å². The van der Waals surface area contributed by atoms with Gasteiger partial charge >= 0.3 is 0 Å². The van der Waals surface area contributed by atoms with E-state index in [4.69, 9.17) is 5.10 Å². The quantitative estimate of drug-likeness (QED) is 0.519. The van der Waals surface area contributed by atoms with Gasteiger partial charge in [0, 0.05) is 37.1 Å². The van der Waals surface area contributed by atoms with Crippen molar-refractivity contribution in [3.05, 3.63) is 77.4 Å². The van der Waals surface area contributed by atoms with Gasteiger partial charge in [-0.3, -0.25) is 19.5 Å². The minimum Gasteiger partial charge on any atom is -0.342 e. The highest BCUT2D eigenvalue weighted by Crippen LogP contribution is 2.36. The number of piperazine rings is 1. The Morgan fingerprint density at radius 2 is 1.71 bits per heavy atom. The average molecular weight is 515 g/mol. The molecular formula is C30H38N6O2. The summed E-state index contributed by atoms with van der Waals surface area (Å²) in [6.45, 7) is 10.9. The molecule has 1 atom stereocenters. The van der Waals surface area contributed by atoms with Gasteiger partial charge in [-0.1, -0.05) is 38.1 Å². The number of pyridine rings is 1. The van der Waals surface area contributed by atoms with E-state index in [1.165, 1.54) is 5.56 Å². The summed E-state index contributed by atoms with van der Waals surface area (Å²) in [7, 11) is 0. The van der Waals surface area contributed by atoms with Crippen LogP contribution in [0.1, 0.15) is 55.8 Å². The van der Waals surface area contributed by atoms with Crippen molar-refractivity contribution in [3.63, 3.8) is 0 Å². The normalized spacial score (nSPS) is 19.8. The van der Waals surface area contributed by atoms with Crippen LogP contribution in [0.3, 0.4) is 0 Å². The number of aromatic nitrogens is 3. The molecule has 8 heteroatoms. The number of nitrogens with one attached hydrogen (secondary N) is 1. The number of para-hydroxylation sites is 1. The summed E-state index contributed by atoms with van der Waals surface area (Å²) in [6, 6.07) is 15.4. The zero-order valence-corrected chi connectivity index (χ0v) is 22.9. The minimum atomic E-state index is -0.850. The van der Waals surface area contributed by atoms with E-state index in [0.29, 0.717) is 31.7 Å². The van der Waals surface area contributed by atoms with Crippen LogP contribution in [0.4, 0.5) is 0 Å². The Morgan fingerprint density at radius 1 is 1.00 bits per heavy atom. The molecule has 1 N–H and O–H groups in total. The Labute approximate surface area is 225 Å². The van der Waals surface area contributed by atoms with Crippen LogP contribution in [0.5, 0.6) is 0 Å². The van der Waals surface area contributed by atoms with Crippen molar-refractivity contribution in [1.29, 1.82) is 0 Å². The maximum absolute atomic E-state index is 13.7. The summed E-state index contributed by atoms with van der Waals surface area (Å²) in [5.74, 6) is 0.288. The van der Waals surface area contributed by atoms with E-state index in [9.17, 15) is 9.59 Å². The highest BCUT2D eigenvalue weighted by Gasteiger charge is 2.53. The number of hydrogen-bond donors (Lipinski definition) is 1. The molecule has 2 aromatic heterocycles. The fourth-order valence-corrected chi connectivity index (χ4v) is 5.92.